The maximum Gasteiger partial charge on any atom is 0.324 e. The van der Waals surface area contributed by atoms with E-state index in [1.54, 1.807) is 12.1 Å². The summed E-state index contributed by atoms with van der Waals surface area (Å²) in [5, 5.41) is 24.0. The average molecular weight is 501 g/mol. The molecule has 0 aliphatic carbocycles. The van der Waals surface area contributed by atoms with Crippen LogP contribution < -0.4 is 5.32 Å². The number of likely N-dealkylation sites (tertiary alicyclic amines) is 1. The Morgan fingerprint density at radius 3 is 2.47 bits per heavy atom. The number of benzene rings is 2. The molecule has 2 aliphatic rings. The van der Waals surface area contributed by atoms with Gasteiger partial charge in [0, 0.05) is 16.1 Å². The smallest absolute Gasteiger partial charge is 0.324 e. The molecule has 0 radical (unpaired) electrons. The van der Waals surface area contributed by atoms with Crippen molar-refractivity contribution in [3.8, 4) is 5.75 Å². The van der Waals surface area contributed by atoms with Gasteiger partial charge in [0.05, 0.1) is 18.4 Å². The second kappa shape index (κ2) is 8.33. The van der Waals surface area contributed by atoms with Gasteiger partial charge in [-0.15, -0.1) is 0 Å². The van der Waals surface area contributed by atoms with Crippen LogP contribution in [0.1, 0.15) is 37.4 Å². The van der Waals surface area contributed by atoms with Gasteiger partial charge >= 0.3 is 5.97 Å². The summed E-state index contributed by atoms with van der Waals surface area (Å²) >= 11 is 3.38. The first-order valence-electron chi connectivity index (χ1n) is 10.5. The largest absolute Gasteiger partial charge is 0.508 e. The first-order chi connectivity index (χ1) is 15.2. The number of imide groups is 1. The number of phenols is 1. The van der Waals surface area contributed by atoms with Gasteiger partial charge in [0.1, 0.15) is 11.3 Å². The number of nitrogens with zero attached hydrogens (tertiary/aromatic N) is 1. The minimum atomic E-state index is -1.61. The quantitative estimate of drug-likeness (QED) is 0.524. The second-order valence-corrected chi connectivity index (χ2v) is 9.87. The number of phenolic OH excluding ortho intramolecular Hbond substituents is 1. The number of carboxylic acid groups (broad SMARTS) is 1. The van der Waals surface area contributed by atoms with Crippen molar-refractivity contribution in [2.45, 2.75) is 38.4 Å². The van der Waals surface area contributed by atoms with Crippen LogP contribution in [0.5, 0.6) is 5.75 Å². The number of hydrogen-bond donors (Lipinski definition) is 3. The van der Waals surface area contributed by atoms with Crippen molar-refractivity contribution in [3.63, 3.8) is 0 Å². The molecule has 0 spiro atoms. The maximum absolute atomic E-state index is 13.6. The summed E-state index contributed by atoms with van der Waals surface area (Å²) in [5.41, 5.74) is -0.436. The lowest BCUT2D eigenvalue weighted by Crippen LogP contribution is -2.56. The SMILES string of the molecule is CC(C)C[C@]1(C(=O)O)N[C@H](c2cc(Br)ccc2O)[C@@H]2C(=O)N(Cc3ccccc3)C(=O)[C@H]21. The molecule has 2 heterocycles. The highest BCUT2D eigenvalue weighted by molar-refractivity contribution is 9.10. The van der Waals surface area contributed by atoms with Gasteiger partial charge in [-0.05, 0) is 36.1 Å². The number of carboxylic acids is 1. The number of hydrogen-bond acceptors (Lipinski definition) is 5. The van der Waals surface area contributed by atoms with Crippen molar-refractivity contribution in [1.82, 2.24) is 10.2 Å². The molecular weight excluding hydrogens is 476 g/mol. The third kappa shape index (κ3) is 3.61. The number of halogens is 1. The molecule has 0 unspecified atom stereocenters. The standard InChI is InChI=1S/C24H25BrN2O5/c1-13(2)11-24(23(31)32)19-18(20(26-24)16-10-15(25)8-9-17(16)28)21(29)27(22(19)30)12-14-6-4-3-5-7-14/h3-10,13,18-20,26,28H,11-12H2,1-2H3,(H,31,32)/t18-,19+,20-,24+/m1/s1. The van der Waals surface area contributed by atoms with Crippen LogP contribution in [0.25, 0.3) is 0 Å². The summed E-state index contributed by atoms with van der Waals surface area (Å²) in [4.78, 5) is 40.9. The first-order valence-corrected chi connectivity index (χ1v) is 11.3. The number of fused-ring (bicyclic) bond motifs is 1. The molecular formula is C24H25BrN2O5. The zero-order chi connectivity index (χ0) is 23.2. The Balaban J connectivity index is 1.83. The van der Waals surface area contributed by atoms with E-state index in [4.69, 9.17) is 0 Å². The van der Waals surface area contributed by atoms with Crippen LogP contribution in [0.4, 0.5) is 0 Å². The van der Waals surface area contributed by atoms with Crippen LogP contribution in [0.2, 0.25) is 0 Å². The van der Waals surface area contributed by atoms with E-state index in [1.807, 2.05) is 44.2 Å². The molecule has 8 heteroatoms. The number of carbonyl (C=O) groups is 3. The molecule has 0 bridgehead atoms. The fraction of sp³-hybridized carbons (Fsp3) is 0.375. The van der Waals surface area contributed by atoms with E-state index in [9.17, 15) is 24.6 Å². The second-order valence-electron chi connectivity index (χ2n) is 8.95. The predicted octanol–water partition coefficient (Wildman–Crippen LogP) is 3.47. The van der Waals surface area contributed by atoms with Crippen LogP contribution in [0.15, 0.2) is 53.0 Å². The summed E-state index contributed by atoms with van der Waals surface area (Å²) in [5.74, 6) is -4.18. The molecule has 2 saturated heterocycles. The van der Waals surface area contributed by atoms with Crippen LogP contribution in [-0.4, -0.2) is 38.4 Å². The zero-order valence-corrected chi connectivity index (χ0v) is 19.4. The Bertz CT molecular complexity index is 1070. The lowest BCUT2D eigenvalue weighted by atomic mass is 9.75. The van der Waals surface area contributed by atoms with E-state index in [0.717, 1.165) is 5.56 Å². The fourth-order valence-electron chi connectivity index (χ4n) is 5.14. The Labute approximate surface area is 194 Å². The van der Waals surface area contributed by atoms with E-state index in [2.05, 4.69) is 21.2 Å². The third-order valence-corrected chi connectivity index (χ3v) is 6.86. The molecule has 4 atom stereocenters. The highest BCUT2D eigenvalue weighted by atomic mass is 79.9. The van der Waals surface area contributed by atoms with Gasteiger partial charge in [-0.3, -0.25) is 24.6 Å². The molecule has 2 aromatic carbocycles. The molecule has 2 aromatic rings. The molecule has 2 amide bonds. The Kier molecular flexibility index (Phi) is 5.85. The number of aliphatic carboxylic acids is 1. The molecule has 0 saturated carbocycles. The summed E-state index contributed by atoms with van der Waals surface area (Å²) in [6.07, 6.45) is 0.174. The maximum atomic E-state index is 13.6. The number of aromatic hydroxyl groups is 1. The predicted molar refractivity (Wildman–Crippen MR) is 120 cm³/mol. The summed E-state index contributed by atoms with van der Waals surface area (Å²) in [6, 6.07) is 13.1. The average Bonchev–Trinajstić information content (AvgIpc) is 3.20. The first kappa shape index (κ1) is 22.5. The lowest BCUT2D eigenvalue weighted by Gasteiger charge is -2.32. The Hall–Kier alpha value is -2.71. The number of rotatable bonds is 6. The van der Waals surface area contributed by atoms with Crippen molar-refractivity contribution in [2.24, 2.45) is 17.8 Å². The molecule has 0 aromatic heterocycles. The van der Waals surface area contributed by atoms with Crippen molar-refractivity contribution in [1.29, 1.82) is 0 Å². The van der Waals surface area contributed by atoms with Crippen molar-refractivity contribution >= 4 is 33.7 Å². The van der Waals surface area contributed by atoms with E-state index < -0.39 is 41.2 Å². The van der Waals surface area contributed by atoms with Gasteiger partial charge in [-0.25, -0.2) is 0 Å². The lowest BCUT2D eigenvalue weighted by molar-refractivity contribution is -0.152. The normalized spacial score (nSPS) is 27.2. The van der Waals surface area contributed by atoms with Gasteiger partial charge in [-0.2, -0.15) is 0 Å². The molecule has 32 heavy (non-hydrogen) atoms. The van der Waals surface area contributed by atoms with Crippen LogP contribution in [0, 0.1) is 17.8 Å². The number of amides is 2. The summed E-state index contributed by atoms with van der Waals surface area (Å²) < 4.78 is 0.679. The topological polar surface area (TPSA) is 107 Å². The van der Waals surface area contributed by atoms with E-state index in [1.165, 1.54) is 11.0 Å². The van der Waals surface area contributed by atoms with Gasteiger partial charge in [0.15, 0.2) is 0 Å². The van der Waals surface area contributed by atoms with Crippen molar-refractivity contribution in [2.75, 3.05) is 0 Å². The van der Waals surface area contributed by atoms with Gasteiger partial charge in [0.25, 0.3) is 0 Å². The fourth-order valence-corrected chi connectivity index (χ4v) is 5.52. The number of carbonyl (C=O) groups excluding carboxylic acids is 2. The highest BCUT2D eigenvalue weighted by Crippen LogP contribution is 2.52. The summed E-state index contributed by atoms with van der Waals surface area (Å²) in [7, 11) is 0. The zero-order valence-electron chi connectivity index (χ0n) is 17.8. The summed E-state index contributed by atoms with van der Waals surface area (Å²) in [6.45, 7) is 3.85. The Morgan fingerprint density at radius 1 is 1.16 bits per heavy atom. The molecule has 2 fully saturated rings. The monoisotopic (exact) mass is 500 g/mol. The van der Waals surface area contributed by atoms with E-state index in [-0.39, 0.29) is 24.6 Å². The van der Waals surface area contributed by atoms with E-state index in [0.29, 0.717) is 10.0 Å². The Morgan fingerprint density at radius 2 is 1.84 bits per heavy atom. The molecule has 4 rings (SSSR count). The molecule has 168 valence electrons. The van der Waals surface area contributed by atoms with Crippen LogP contribution >= 0.6 is 15.9 Å². The van der Waals surface area contributed by atoms with Gasteiger partial charge < -0.3 is 10.2 Å². The molecule has 3 N–H and O–H groups in total. The molecule has 7 nitrogen and oxygen atoms in total. The van der Waals surface area contributed by atoms with Gasteiger partial charge in [-0.1, -0.05) is 60.1 Å². The number of nitrogens with one attached hydrogen (secondary N) is 1. The van der Waals surface area contributed by atoms with Crippen LogP contribution in [-0.2, 0) is 20.9 Å². The van der Waals surface area contributed by atoms with Crippen molar-refractivity contribution < 1.29 is 24.6 Å². The highest BCUT2D eigenvalue weighted by Gasteiger charge is 2.68. The minimum Gasteiger partial charge on any atom is -0.508 e. The minimum absolute atomic E-state index is 0.0415. The van der Waals surface area contributed by atoms with Crippen LogP contribution in [0.3, 0.4) is 0 Å². The molecule has 2 aliphatic heterocycles. The third-order valence-electron chi connectivity index (χ3n) is 6.37. The van der Waals surface area contributed by atoms with E-state index >= 15 is 0 Å². The van der Waals surface area contributed by atoms with Crippen molar-refractivity contribution in [3.05, 3.63) is 64.1 Å². The van der Waals surface area contributed by atoms with Gasteiger partial charge in [0.2, 0.25) is 11.8 Å².